The molecule has 0 saturated carbocycles. The van der Waals surface area contributed by atoms with Gasteiger partial charge in [-0.3, -0.25) is 9.59 Å². The van der Waals surface area contributed by atoms with Gasteiger partial charge in [0, 0.05) is 0 Å². The number of esters is 2. The summed E-state index contributed by atoms with van der Waals surface area (Å²) in [5.74, 6) is -1.17. The van der Waals surface area contributed by atoms with Gasteiger partial charge in [-0.05, 0) is 13.3 Å². The summed E-state index contributed by atoms with van der Waals surface area (Å²) in [5.41, 5.74) is -0.880. The number of methoxy groups -OCH3 is 2. The summed E-state index contributed by atoms with van der Waals surface area (Å²) in [6.07, 6.45) is 4.30. The van der Waals surface area contributed by atoms with Crippen molar-refractivity contribution < 1.29 is 19.1 Å². The molecule has 0 radical (unpaired) electrons. The van der Waals surface area contributed by atoms with Crippen LogP contribution >= 0.6 is 0 Å². The molecule has 0 heterocycles. The Kier molecular flexibility index (Phi) is 7.32. The molecule has 4 heteroatoms. The lowest BCUT2D eigenvalue weighted by Crippen LogP contribution is -2.42. The van der Waals surface area contributed by atoms with Crippen LogP contribution in [0.1, 0.15) is 46.0 Å². The minimum atomic E-state index is -1.35. The second-order valence-electron chi connectivity index (χ2n) is 4.48. The maximum absolute atomic E-state index is 12.0. The van der Waals surface area contributed by atoms with Gasteiger partial charge in [0.2, 0.25) is 0 Å². The zero-order chi connectivity index (χ0) is 14.2. The van der Waals surface area contributed by atoms with Crippen LogP contribution in [-0.4, -0.2) is 26.2 Å². The van der Waals surface area contributed by atoms with Gasteiger partial charge < -0.3 is 9.47 Å². The lowest BCUT2D eigenvalue weighted by Gasteiger charge is -2.28. The third-order valence-corrected chi connectivity index (χ3v) is 3.20. The standard InChI is InChI=1S/C14H24O4/c1-6-7-8-9-10-14(11(2)3,12(15)17-4)13(16)18-5/h2,6-10H2,1,3-5H3. The molecule has 0 aliphatic rings. The van der Waals surface area contributed by atoms with E-state index in [1.54, 1.807) is 6.92 Å². The summed E-state index contributed by atoms with van der Waals surface area (Å²) in [6, 6.07) is 0. The van der Waals surface area contributed by atoms with E-state index in [4.69, 9.17) is 9.47 Å². The van der Waals surface area contributed by atoms with Crippen LogP contribution in [0.25, 0.3) is 0 Å². The highest BCUT2D eigenvalue weighted by molar-refractivity contribution is 6.03. The van der Waals surface area contributed by atoms with Crippen molar-refractivity contribution in [3.8, 4) is 0 Å². The molecule has 0 N–H and O–H groups in total. The molecule has 0 amide bonds. The summed E-state index contributed by atoms with van der Waals surface area (Å²) in [6.45, 7) is 7.53. The highest BCUT2D eigenvalue weighted by Crippen LogP contribution is 2.35. The SMILES string of the molecule is C=C(C)C(CCCCCC)(C(=O)OC)C(=O)OC. The third kappa shape index (κ3) is 3.59. The van der Waals surface area contributed by atoms with Gasteiger partial charge in [0.1, 0.15) is 0 Å². The zero-order valence-electron chi connectivity index (χ0n) is 11.9. The molecule has 104 valence electrons. The number of rotatable bonds is 8. The average Bonchev–Trinajstić information content (AvgIpc) is 2.37. The average molecular weight is 256 g/mol. The number of unbranched alkanes of at least 4 members (excludes halogenated alkanes) is 3. The van der Waals surface area contributed by atoms with Crippen LogP contribution in [0.15, 0.2) is 12.2 Å². The van der Waals surface area contributed by atoms with Crippen LogP contribution in [0.4, 0.5) is 0 Å². The lowest BCUT2D eigenvalue weighted by atomic mass is 9.77. The second-order valence-corrected chi connectivity index (χ2v) is 4.48. The van der Waals surface area contributed by atoms with Crippen molar-refractivity contribution in [2.24, 2.45) is 5.41 Å². The van der Waals surface area contributed by atoms with E-state index in [0.29, 0.717) is 12.0 Å². The quantitative estimate of drug-likeness (QED) is 0.290. The van der Waals surface area contributed by atoms with Crippen LogP contribution in [-0.2, 0) is 19.1 Å². The Labute approximate surface area is 109 Å². The molecule has 0 spiro atoms. The Balaban J connectivity index is 5.03. The van der Waals surface area contributed by atoms with Crippen molar-refractivity contribution in [1.82, 2.24) is 0 Å². The first-order valence-electron chi connectivity index (χ1n) is 6.30. The fourth-order valence-electron chi connectivity index (χ4n) is 2.01. The molecule has 0 saturated heterocycles. The van der Waals surface area contributed by atoms with Crippen molar-refractivity contribution in [3.05, 3.63) is 12.2 Å². The molecule has 0 aromatic rings. The Hall–Kier alpha value is -1.32. The predicted molar refractivity (Wildman–Crippen MR) is 70.0 cm³/mol. The number of hydrogen-bond acceptors (Lipinski definition) is 4. The second kappa shape index (κ2) is 7.90. The van der Waals surface area contributed by atoms with E-state index < -0.39 is 17.4 Å². The van der Waals surface area contributed by atoms with Crippen LogP contribution in [0.2, 0.25) is 0 Å². The molecule has 4 nitrogen and oxygen atoms in total. The van der Waals surface area contributed by atoms with E-state index in [0.717, 1.165) is 25.7 Å². The molecule has 0 aliphatic heterocycles. The predicted octanol–water partition coefficient (Wildman–Crippen LogP) is 2.87. The van der Waals surface area contributed by atoms with Gasteiger partial charge in [0.15, 0.2) is 5.41 Å². The van der Waals surface area contributed by atoms with Gasteiger partial charge in [0.05, 0.1) is 14.2 Å². The summed E-state index contributed by atoms with van der Waals surface area (Å²) in [7, 11) is 2.55. The van der Waals surface area contributed by atoms with Gasteiger partial charge in [-0.2, -0.15) is 0 Å². The first kappa shape index (κ1) is 16.7. The van der Waals surface area contributed by atoms with Crippen LogP contribution < -0.4 is 0 Å². The van der Waals surface area contributed by atoms with E-state index in [-0.39, 0.29) is 0 Å². The Morgan fingerprint density at radius 1 is 1.06 bits per heavy atom. The number of hydrogen-bond donors (Lipinski definition) is 0. The lowest BCUT2D eigenvalue weighted by molar-refractivity contribution is -0.166. The number of carbonyl (C=O) groups excluding carboxylic acids is 2. The molecule has 0 fully saturated rings. The first-order valence-corrected chi connectivity index (χ1v) is 6.30. The maximum Gasteiger partial charge on any atom is 0.327 e. The van der Waals surface area contributed by atoms with Crippen molar-refractivity contribution in [2.45, 2.75) is 46.0 Å². The summed E-state index contributed by atoms with van der Waals surface area (Å²) < 4.78 is 9.51. The van der Waals surface area contributed by atoms with Crippen molar-refractivity contribution >= 4 is 11.9 Å². The van der Waals surface area contributed by atoms with Gasteiger partial charge in [-0.1, -0.05) is 44.8 Å². The van der Waals surface area contributed by atoms with Gasteiger partial charge in [-0.25, -0.2) is 0 Å². The Morgan fingerprint density at radius 3 is 1.89 bits per heavy atom. The summed E-state index contributed by atoms with van der Waals surface area (Å²) in [4.78, 5) is 23.9. The Morgan fingerprint density at radius 2 is 1.56 bits per heavy atom. The minimum absolute atomic E-state index is 0.391. The van der Waals surface area contributed by atoms with E-state index in [1.807, 2.05) is 0 Å². The first-order chi connectivity index (χ1) is 8.47. The molecular weight excluding hydrogens is 232 g/mol. The smallest absolute Gasteiger partial charge is 0.327 e. The molecule has 0 aromatic heterocycles. The topological polar surface area (TPSA) is 52.6 Å². The van der Waals surface area contributed by atoms with Crippen molar-refractivity contribution in [2.75, 3.05) is 14.2 Å². The van der Waals surface area contributed by atoms with Gasteiger partial charge in [-0.15, -0.1) is 0 Å². The molecule has 0 aromatic carbocycles. The van der Waals surface area contributed by atoms with Crippen LogP contribution in [0.5, 0.6) is 0 Å². The van der Waals surface area contributed by atoms with Crippen molar-refractivity contribution in [1.29, 1.82) is 0 Å². The molecule has 0 rings (SSSR count). The largest absolute Gasteiger partial charge is 0.468 e. The number of ether oxygens (including phenoxy) is 2. The van der Waals surface area contributed by atoms with Crippen molar-refractivity contribution in [3.63, 3.8) is 0 Å². The summed E-state index contributed by atoms with van der Waals surface area (Å²) in [5, 5.41) is 0. The molecule has 0 unspecified atom stereocenters. The molecule has 18 heavy (non-hydrogen) atoms. The molecule has 0 atom stereocenters. The van der Waals surface area contributed by atoms with E-state index >= 15 is 0 Å². The fraction of sp³-hybridized carbons (Fsp3) is 0.714. The normalized spacial score (nSPS) is 10.9. The third-order valence-electron chi connectivity index (χ3n) is 3.20. The van der Waals surface area contributed by atoms with E-state index in [2.05, 4.69) is 13.5 Å². The van der Waals surface area contributed by atoms with Gasteiger partial charge >= 0.3 is 11.9 Å². The zero-order valence-corrected chi connectivity index (χ0v) is 11.9. The molecule has 0 aliphatic carbocycles. The minimum Gasteiger partial charge on any atom is -0.468 e. The van der Waals surface area contributed by atoms with E-state index in [9.17, 15) is 9.59 Å². The number of carbonyl (C=O) groups is 2. The van der Waals surface area contributed by atoms with Crippen LogP contribution in [0, 0.1) is 5.41 Å². The monoisotopic (exact) mass is 256 g/mol. The van der Waals surface area contributed by atoms with E-state index in [1.165, 1.54) is 14.2 Å². The summed E-state index contributed by atoms with van der Waals surface area (Å²) >= 11 is 0. The highest BCUT2D eigenvalue weighted by Gasteiger charge is 2.48. The molecular formula is C14H24O4. The highest BCUT2D eigenvalue weighted by atomic mass is 16.5. The maximum atomic E-state index is 12.0. The fourth-order valence-corrected chi connectivity index (χ4v) is 2.01. The Bertz CT molecular complexity index is 291. The molecule has 0 bridgehead atoms. The van der Waals surface area contributed by atoms with Gasteiger partial charge in [0.25, 0.3) is 0 Å². The van der Waals surface area contributed by atoms with Crippen LogP contribution in [0.3, 0.4) is 0 Å².